The zero-order valence-corrected chi connectivity index (χ0v) is 11.6. The smallest absolute Gasteiger partial charge is 0.0680 e. The van der Waals surface area contributed by atoms with Crippen LogP contribution in [-0.4, -0.2) is 9.78 Å². The summed E-state index contributed by atoms with van der Waals surface area (Å²) in [6.07, 6.45) is 2.87. The third-order valence-electron chi connectivity index (χ3n) is 3.30. The molecule has 0 radical (unpaired) electrons. The highest BCUT2D eigenvalue weighted by atomic mass is 15.3. The quantitative estimate of drug-likeness (QED) is 0.900. The Bertz CT molecular complexity index is 547. The number of aromatic nitrogens is 2. The van der Waals surface area contributed by atoms with E-state index in [0.29, 0.717) is 0 Å². The second-order valence-electron chi connectivity index (χ2n) is 5.26. The highest BCUT2D eigenvalue weighted by Crippen LogP contribution is 2.24. The zero-order chi connectivity index (χ0) is 13.3. The first-order valence-corrected chi connectivity index (χ1v) is 6.37. The molecular formula is C15H21N3. The summed E-state index contributed by atoms with van der Waals surface area (Å²) >= 11 is 0. The van der Waals surface area contributed by atoms with Crippen LogP contribution in [0.1, 0.15) is 37.6 Å². The maximum atomic E-state index is 6.17. The van der Waals surface area contributed by atoms with Crippen LogP contribution in [0.3, 0.4) is 0 Å². The number of nitrogens with two attached hydrogens (primary N) is 1. The number of hydrogen-bond donors (Lipinski definition) is 1. The van der Waals surface area contributed by atoms with Crippen LogP contribution < -0.4 is 5.73 Å². The zero-order valence-electron chi connectivity index (χ0n) is 11.6. The summed E-state index contributed by atoms with van der Waals surface area (Å²) in [5.74, 6) is 0. The Labute approximate surface area is 109 Å². The number of hydrogen-bond acceptors (Lipinski definition) is 2. The van der Waals surface area contributed by atoms with E-state index < -0.39 is 0 Å². The monoisotopic (exact) mass is 243 g/mol. The lowest BCUT2D eigenvalue weighted by molar-refractivity contribution is 0.550. The molecule has 0 aliphatic rings. The molecule has 0 saturated heterocycles. The van der Waals surface area contributed by atoms with E-state index in [0.717, 1.165) is 23.4 Å². The first kappa shape index (κ1) is 12.8. The van der Waals surface area contributed by atoms with Crippen molar-refractivity contribution in [2.45, 2.75) is 39.7 Å². The van der Waals surface area contributed by atoms with Gasteiger partial charge in [0.15, 0.2) is 0 Å². The lowest BCUT2D eigenvalue weighted by Gasteiger charge is -2.18. The van der Waals surface area contributed by atoms with Crippen molar-refractivity contribution in [1.82, 2.24) is 9.78 Å². The van der Waals surface area contributed by atoms with Crippen LogP contribution in [0.15, 0.2) is 30.5 Å². The highest BCUT2D eigenvalue weighted by molar-refractivity contribution is 5.43. The van der Waals surface area contributed by atoms with E-state index in [-0.39, 0.29) is 5.54 Å². The summed E-state index contributed by atoms with van der Waals surface area (Å²) in [7, 11) is 0. The summed E-state index contributed by atoms with van der Waals surface area (Å²) in [5, 5.41) is 4.50. The molecular weight excluding hydrogens is 222 g/mol. The Morgan fingerprint density at radius 1 is 1.28 bits per heavy atom. The standard InChI is InChI=1S/C15H21N3/c1-5-12-8-6-7-9-14(12)18-11(2)13(10-17-18)15(3,4)16/h6-10H,5,16H2,1-4H3. The molecule has 2 N–H and O–H groups in total. The lowest BCUT2D eigenvalue weighted by atomic mass is 9.96. The molecule has 0 unspecified atom stereocenters. The molecule has 1 heterocycles. The molecule has 0 amide bonds. The Balaban J connectivity index is 2.56. The third kappa shape index (κ3) is 2.18. The van der Waals surface area contributed by atoms with Crippen molar-refractivity contribution in [2.24, 2.45) is 5.73 Å². The van der Waals surface area contributed by atoms with Gasteiger partial charge in [0.05, 0.1) is 11.9 Å². The molecule has 2 aromatic rings. The van der Waals surface area contributed by atoms with Gasteiger partial charge in [-0.25, -0.2) is 4.68 Å². The van der Waals surface area contributed by atoms with Crippen molar-refractivity contribution in [2.75, 3.05) is 0 Å². The number of para-hydroxylation sites is 1. The van der Waals surface area contributed by atoms with Gasteiger partial charge in [-0.1, -0.05) is 25.1 Å². The molecule has 1 aromatic heterocycles. The molecule has 3 nitrogen and oxygen atoms in total. The molecule has 2 rings (SSSR count). The Morgan fingerprint density at radius 2 is 1.94 bits per heavy atom. The second kappa shape index (κ2) is 4.58. The Morgan fingerprint density at radius 3 is 2.50 bits per heavy atom. The molecule has 0 spiro atoms. The molecule has 18 heavy (non-hydrogen) atoms. The van der Waals surface area contributed by atoms with Gasteiger partial charge in [-0.3, -0.25) is 0 Å². The molecule has 3 heteroatoms. The van der Waals surface area contributed by atoms with E-state index in [4.69, 9.17) is 5.73 Å². The van der Waals surface area contributed by atoms with Gasteiger partial charge in [-0.15, -0.1) is 0 Å². The molecule has 0 fully saturated rings. The summed E-state index contributed by atoms with van der Waals surface area (Å²) < 4.78 is 1.99. The van der Waals surface area contributed by atoms with Crippen molar-refractivity contribution in [3.8, 4) is 5.69 Å². The van der Waals surface area contributed by atoms with Gasteiger partial charge in [0, 0.05) is 16.8 Å². The van der Waals surface area contributed by atoms with E-state index in [1.807, 2.05) is 30.8 Å². The predicted molar refractivity (Wildman–Crippen MR) is 74.9 cm³/mol. The minimum absolute atomic E-state index is 0.358. The van der Waals surface area contributed by atoms with E-state index >= 15 is 0 Å². The summed E-state index contributed by atoms with van der Waals surface area (Å²) in [4.78, 5) is 0. The highest BCUT2D eigenvalue weighted by Gasteiger charge is 2.21. The molecule has 0 aliphatic heterocycles. The molecule has 96 valence electrons. The summed E-state index contributed by atoms with van der Waals surface area (Å²) in [6.45, 7) is 8.25. The fourth-order valence-corrected chi connectivity index (χ4v) is 2.30. The van der Waals surface area contributed by atoms with Gasteiger partial charge < -0.3 is 5.73 Å². The molecule has 0 atom stereocenters. The third-order valence-corrected chi connectivity index (χ3v) is 3.30. The lowest BCUT2D eigenvalue weighted by Crippen LogP contribution is -2.29. The van der Waals surface area contributed by atoms with Crippen LogP contribution >= 0.6 is 0 Å². The van der Waals surface area contributed by atoms with Crippen LogP contribution in [0.5, 0.6) is 0 Å². The van der Waals surface area contributed by atoms with Crippen molar-refractivity contribution < 1.29 is 0 Å². The first-order valence-electron chi connectivity index (χ1n) is 6.37. The average Bonchev–Trinajstić information content (AvgIpc) is 2.70. The Kier molecular flexibility index (Phi) is 3.26. The van der Waals surface area contributed by atoms with Gasteiger partial charge in [0.2, 0.25) is 0 Å². The van der Waals surface area contributed by atoms with Gasteiger partial charge in [0.1, 0.15) is 0 Å². The fraction of sp³-hybridized carbons (Fsp3) is 0.400. The minimum atomic E-state index is -0.358. The van der Waals surface area contributed by atoms with Crippen molar-refractivity contribution in [1.29, 1.82) is 0 Å². The van der Waals surface area contributed by atoms with Crippen LogP contribution in [-0.2, 0) is 12.0 Å². The van der Waals surface area contributed by atoms with Gasteiger partial charge >= 0.3 is 0 Å². The van der Waals surface area contributed by atoms with Gasteiger partial charge in [-0.2, -0.15) is 5.10 Å². The van der Waals surface area contributed by atoms with E-state index in [9.17, 15) is 0 Å². The number of aryl methyl sites for hydroxylation is 1. The molecule has 0 aliphatic carbocycles. The normalized spacial score (nSPS) is 11.8. The molecule has 0 bridgehead atoms. The van der Waals surface area contributed by atoms with Gasteiger partial charge in [0.25, 0.3) is 0 Å². The SMILES string of the molecule is CCc1ccccc1-n1ncc(C(C)(C)N)c1C. The maximum absolute atomic E-state index is 6.17. The van der Waals surface area contributed by atoms with Crippen molar-refractivity contribution in [3.63, 3.8) is 0 Å². The number of benzene rings is 1. The molecule has 1 aromatic carbocycles. The number of rotatable bonds is 3. The second-order valence-corrected chi connectivity index (χ2v) is 5.26. The number of nitrogens with zero attached hydrogens (tertiary/aromatic N) is 2. The van der Waals surface area contributed by atoms with Crippen LogP contribution in [0.25, 0.3) is 5.69 Å². The summed E-state index contributed by atoms with van der Waals surface area (Å²) in [6, 6.07) is 8.35. The van der Waals surface area contributed by atoms with Crippen LogP contribution in [0.2, 0.25) is 0 Å². The van der Waals surface area contributed by atoms with E-state index in [1.54, 1.807) is 0 Å². The van der Waals surface area contributed by atoms with E-state index in [1.165, 1.54) is 5.56 Å². The topological polar surface area (TPSA) is 43.8 Å². The molecule has 0 saturated carbocycles. The fourth-order valence-electron chi connectivity index (χ4n) is 2.30. The van der Waals surface area contributed by atoms with Crippen molar-refractivity contribution >= 4 is 0 Å². The van der Waals surface area contributed by atoms with Crippen LogP contribution in [0, 0.1) is 6.92 Å². The first-order chi connectivity index (χ1) is 8.45. The van der Waals surface area contributed by atoms with E-state index in [2.05, 4.69) is 37.1 Å². The average molecular weight is 243 g/mol. The van der Waals surface area contributed by atoms with Gasteiger partial charge in [-0.05, 0) is 38.8 Å². The van der Waals surface area contributed by atoms with Crippen molar-refractivity contribution in [3.05, 3.63) is 47.3 Å². The maximum Gasteiger partial charge on any atom is 0.0680 e. The predicted octanol–water partition coefficient (Wildman–Crippen LogP) is 2.94. The minimum Gasteiger partial charge on any atom is -0.322 e. The largest absolute Gasteiger partial charge is 0.322 e. The Hall–Kier alpha value is -1.61. The summed E-state index contributed by atoms with van der Waals surface area (Å²) in [5.41, 5.74) is 10.5. The van der Waals surface area contributed by atoms with Crippen LogP contribution in [0.4, 0.5) is 0 Å².